The molecule has 1 aliphatic rings. The monoisotopic (exact) mass is 344 g/mol. The van der Waals surface area contributed by atoms with Crippen LogP contribution in [0.5, 0.6) is 0 Å². The van der Waals surface area contributed by atoms with E-state index in [9.17, 15) is 4.57 Å². The zero-order chi connectivity index (χ0) is 15.7. The summed E-state index contributed by atoms with van der Waals surface area (Å²) in [7, 11) is -4.19. The first-order chi connectivity index (χ1) is 10.4. The van der Waals surface area contributed by atoms with Gasteiger partial charge in [-0.1, -0.05) is 0 Å². The Bertz CT molecular complexity index is 747. The Balaban J connectivity index is 2.08. The molecular weight excluding hydrogens is 331 g/mol. The zero-order valence-corrected chi connectivity index (χ0v) is 13.2. The van der Waals surface area contributed by atoms with E-state index < -0.39 is 13.8 Å². The van der Waals surface area contributed by atoms with Gasteiger partial charge in [0.15, 0.2) is 5.82 Å². The number of hydrogen-bond acceptors (Lipinski definition) is 6. The molecule has 8 nitrogen and oxygen atoms in total. The van der Waals surface area contributed by atoms with Crippen LogP contribution in [-0.4, -0.2) is 51.0 Å². The summed E-state index contributed by atoms with van der Waals surface area (Å²) in [4.78, 5) is 32.8. The molecule has 1 saturated heterocycles. The van der Waals surface area contributed by atoms with Gasteiger partial charge in [0.25, 0.3) is 0 Å². The van der Waals surface area contributed by atoms with Gasteiger partial charge >= 0.3 is 7.60 Å². The lowest BCUT2D eigenvalue weighted by molar-refractivity contribution is 0.122. The minimum absolute atomic E-state index is 0.110. The normalized spacial score (nSPS) is 16.2. The number of fused-ring (bicyclic) bond motifs is 1. The van der Waals surface area contributed by atoms with Gasteiger partial charge in [-0.05, 0) is 23.7 Å². The van der Waals surface area contributed by atoms with Crippen molar-refractivity contribution in [1.82, 2.24) is 15.0 Å². The molecule has 0 saturated carbocycles. The summed E-state index contributed by atoms with van der Waals surface area (Å²) in [5.74, 6) is 0.561. The largest absolute Gasteiger partial charge is 0.378 e. The van der Waals surface area contributed by atoms with Crippen molar-refractivity contribution in [2.75, 3.05) is 31.2 Å². The summed E-state index contributed by atoms with van der Waals surface area (Å²) in [6.45, 7) is 2.44. The van der Waals surface area contributed by atoms with E-state index in [2.05, 4.69) is 15.0 Å². The van der Waals surface area contributed by atoms with Crippen LogP contribution < -0.4 is 4.90 Å². The Morgan fingerprint density at radius 1 is 1.23 bits per heavy atom. The lowest BCUT2D eigenvalue weighted by Crippen LogP contribution is -2.37. The lowest BCUT2D eigenvalue weighted by Gasteiger charge is -2.28. The second kappa shape index (κ2) is 6.06. The fourth-order valence-corrected chi connectivity index (χ4v) is 3.08. The number of halogens is 1. The topological polar surface area (TPSA) is 109 Å². The highest BCUT2D eigenvalue weighted by atomic mass is 35.5. The van der Waals surface area contributed by atoms with Crippen LogP contribution in [0.1, 0.15) is 5.69 Å². The number of ether oxygens (including phenoxy) is 1. The van der Waals surface area contributed by atoms with Crippen molar-refractivity contribution >= 4 is 36.0 Å². The third kappa shape index (κ3) is 3.53. The van der Waals surface area contributed by atoms with Crippen LogP contribution in [0.4, 0.5) is 5.82 Å². The maximum atomic E-state index is 11.2. The third-order valence-corrected chi connectivity index (χ3v) is 4.14. The van der Waals surface area contributed by atoms with E-state index in [4.69, 9.17) is 26.1 Å². The molecule has 118 valence electrons. The van der Waals surface area contributed by atoms with Gasteiger partial charge in [0.1, 0.15) is 5.52 Å². The summed E-state index contributed by atoms with van der Waals surface area (Å²) in [5, 5.41) is 0.110. The summed E-state index contributed by atoms with van der Waals surface area (Å²) in [5.41, 5.74) is 1.31. The van der Waals surface area contributed by atoms with Gasteiger partial charge in [-0.25, -0.2) is 9.97 Å². The van der Waals surface area contributed by atoms with Crippen LogP contribution in [0.15, 0.2) is 12.1 Å². The Morgan fingerprint density at radius 3 is 2.64 bits per heavy atom. The molecule has 0 unspecified atom stereocenters. The first-order valence-corrected chi connectivity index (χ1v) is 8.80. The Morgan fingerprint density at radius 2 is 1.95 bits per heavy atom. The predicted molar refractivity (Wildman–Crippen MR) is 81.1 cm³/mol. The molecule has 0 atom stereocenters. The Labute approximate surface area is 131 Å². The van der Waals surface area contributed by atoms with E-state index in [0.29, 0.717) is 48.8 Å². The van der Waals surface area contributed by atoms with E-state index >= 15 is 0 Å². The van der Waals surface area contributed by atoms with Crippen LogP contribution in [-0.2, 0) is 15.5 Å². The summed E-state index contributed by atoms with van der Waals surface area (Å²) < 4.78 is 16.5. The second-order valence-electron chi connectivity index (χ2n) is 4.91. The van der Waals surface area contributed by atoms with Crippen LogP contribution in [0, 0.1) is 0 Å². The van der Waals surface area contributed by atoms with Crippen LogP contribution in [0.3, 0.4) is 0 Å². The number of nitrogens with zero attached hydrogens (tertiary/aromatic N) is 4. The summed E-state index contributed by atoms with van der Waals surface area (Å²) in [6, 6.07) is 3.18. The van der Waals surface area contributed by atoms with Gasteiger partial charge in [-0.15, -0.1) is 0 Å². The highest BCUT2D eigenvalue weighted by molar-refractivity contribution is 7.50. The average molecular weight is 345 g/mol. The van der Waals surface area contributed by atoms with Crippen molar-refractivity contribution in [3.63, 3.8) is 0 Å². The van der Waals surface area contributed by atoms with Crippen molar-refractivity contribution in [3.05, 3.63) is 23.1 Å². The SMILES string of the molecule is O=P(O)(O)Cc1ccc2nc(Cl)nc(N3CCOCC3)c2n1. The molecular formula is C12H14ClN4O4P. The molecule has 0 radical (unpaired) electrons. The lowest BCUT2D eigenvalue weighted by atomic mass is 10.3. The van der Waals surface area contributed by atoms with Gasteiger partial charge in [-0.2, -0.15) is 4.98 Å². The molecule has 1 fully saturated rings. The van der Waals surface area contributed by atoms with E-state index in [1.54, 1.807) is 6.07 Å². The van der Waals surface area contributed by atoms with Crippen LogP contribution in [0.25, 0.3) is 11.0 Å². The molecule has 3 heterocycles. The first-order valence-electron chi connectivity index (χ1n) is 6.63. The fraction of sp³-hybridized carbons (Fsp3) is 0.417. The van der Waals surface area contributed by atoms with Gasteiger partial charge < -0.3 is 19.4 Å². The van der Waals surface area contributed by atoms with E-state index in [-0.39, 0.29) is 5.28 Å². The standard InChI is InChI=1S/C12H14ClN4O4P/c13-12-15-9-2-1-8(7-22(18,19)20)14-10(9)11(16-12)17-3-5-21-6-4-17/h1-2H,3-7H2,(H2,18,19,20). The number of aromatic nitrogens is 3. The number of pyridine rings is 1. The Hall–Kier alpha value is -1.31. The Kier molecular flexibility index (Phi) is 4.29. The molecule has 22 heavy (non-hydrogen) atoms. The van der Waals surface area contributed by atoms with Crippen molar-refractivity contribution in [2.45, 2.75) is 6.16 Å². The quantitative estimate of drug-likeness (QED) is 0.631. The van der Waals surface area contributed by atoms with Gasteiger partial charge in [0.2, 0.25) is 5.28 Å². The van der Waals surface area contributed by atoms with Crippen LogP contribution >= 0.6 is 19.2 Å². The van der Waals surface area contributed by atoms with Crippen molar-refractivity contribution < 1.29 is 19.1 Å². The van der Waals surface area contributed by atoms with E-state index in [1.165, 1.54) is 6.07 Å². The van der Waals surface area contributed by atoms with Crippen LogP contribution in [0.2, 0.25) is 5.28 Å². The van der Waals surface area contributed by atoms with Gasteiger partial charge in [-0.3, -0.25) is 4.57 Å². The molecule has 2 N–H and O–H groups in total. The summed E-state index contributed by atoms with van der Waals surface area (Å²) >= 11 is 5.96. The average Bonchev–Trinajstić information content (AvgIpc) is 2.46. The molecule has 0 aromatic carbocycles. The number of hydrogen-bond donors (Lipinski definition) is 2. The first kappa shape index (κ1) is 15.6. The highest BCUT2D eigenvalue weighted by Gasteiger charge is 2.20. The molecule has 0 spiro atoms. The second-order valence-corrected chi connectivity index (χ2v) is 6.89. The summed E-state index contributed by atoms with van der Waals surface area (Å²) in [6.07, 6.45) is -0.423. The molecule has 2 aromatic heterocycles. The van der Waals surface area contributed by atoms with E-state index in [0.717, 1.165) is 0 Å². The van der Waals surface area contributed by atoms with Gasteiger partial charge in [0.05, 0.1) is 30.6 Å². The maximum absolute atomic E-state index is 11.2. The molecule has 0 amide bonds. The molecule has 10 heteroatoms. The smallest absolute Gasteiger partial charge is 0.331 e. The van der Waals surface area contributed by atoms with Crippen molar-refractivity contribution in [1.29, 1.82) is 0 Å². The number of morpholine rings is 1. The number of rotatable bonds is 3. The number of anilines is 1. The molecule has 0 aliphatic carbocycles. The molecule has 0 bridgehead atoms. The molecule has 3 rings (SSSR count). The minimum atomic E-state index is -4.19. The van der Waals surface area contributed by atoms with Gasteiger partial charge in [0, 0.05) is 13.1 Å². The maximum Gasteiger partial charge on any atom is 0.331 e. The third-order valence-electron chi connectivity index (χ3n) is 3.23. The molecule has 1 aliphatic heterocycles. The van der Waals surface area contributed by atoms with Crippen molar-refractivity contribution in [3.8, 4) is 0 Å². The minimum Gasteiger partial charge on any atom is -0.378 e. The predicted octanol–water partition coefficient (Wildman–Crippen LogP) is 1.19. The van der Waals surface area contributed by atoms with Crippen molar-refractivity contribution in [2.24, 2.45) is 0 Å². The fourth-order valence-electron chi connectivity index (χ4n) is 2.31. The zero-order valence-electron chi connectivity index (χ0n) is 11.5. The van der Waals surface area contributed by atoms with E-state index in [1.807, 2.05) is 4.90 Å². The molecule has 2 aromatic rings. The highest BCUT2D eigenvalue weighted by Crippen LogP contribution is 2.39.